The number of allylic oxidation sites excluding steroid dienone is 8. The first-order valence-corrected chi connectivity index (χ1v) is 37.0. The van der Waals surface area contributed by atoms with E-state index in [1.54, 1.807) is 0 Å². The van der Waals surface area contributed by atoms with Gasteiger partial charge in [0.2, 0.25) is 5.91 Å². The van der Waals surface area contributed by atoms with Crippen LogP contribution in [0, 0.1) is 0 Å². The van der Waals surface area contributed by atoms with Gasteiger partial charge in [0, 0.05) is 0 Å². The Morgan fingerprint density at radius 3 is 0.768 bits per heavy atom. The Morgan fingerprint density at radius 1 is 0.293 bits per heavy atom. The number of hydrogen-bond donors (Lipinski definition) is 5. The number of aliphatic hydroxyl groups excluding tert-OH is 4. The zero-order chi connectivity index (χ0) is 59.4. The van der Waals surface area contributed by atoms with Crippen LogP contribution >= 0.6 is 0 Å². The normalized spacial score (nSPS) is 13.7. The van der Waals surface area contributed by atoms with Crippen LogP contribution in [0.5, 0.6) is 0 Å². The molecule has 0 aromatic heterocycles. The summed E-state index contributed by atoms with van der Waals surface area (Å²) in [5.74, 6) is -0.594. The van der Waals surface area contributed by atoms with Crippen LogP contribution in [0.15, 0.2) is 48.6 Å². The van der Waals surface area contributed by atoms with Crippen LogP contribution < -0.4 is 5.32 Å². The largest absolute Gasteiger partial charge is 0.394 e. The Balaban J connectivity index is 3.59. The quantitative estimate of drug-likeness (QED) is 0.0308. The van der Waals surface area contributed by atoms with Crippen molar-refractivity contribution in [1.29, 1.82) is 0 Å². The minimum atomic E-state index is -1.30. The Labute approximate surface area is 512 Å². The second-order valence-electron chi connectivity index (χ2n) is 25.6. The molecule has 4 atom stereocenters. The first-order valence-electron chi connectivity index (χ1n) is 37.0. The van der Waals surface area contributed by atoms with E-state index in [1.807, 2.05) is 0 Å². The van der Waals surface area contributed by atoms with E-state index in [9.17, 15) is 25.2 Å². The molecule has 0 radical (unpaired) electrons. The third kappa shape index (κ3) is 62.8. The molecule has 0 aliphatic rings. The first kappa shape index (κ1) is 80.3. The summed E-state index contributed by atoms with van der Waals surface area (Å²) in [5.41, 5.74) is 0. The van der Waals surface area contributed by atoms with E-state index >= 15 is 0 Å². The van der Waals surface area contributed by atoms with Gasteiger partial charge in [-0.2, -0.15) is 0 Å². The fourth-order valence-corrected chi connectivity index (χ4v) is 11.7. The number of rotatable bonds is 69. The molecule has 0 bridgehead atoms. The zero-order valence-electron chi connectivity index (χ0n) is 55.3. The van der Waals surface area contributed by atoms with E-state index in [4.69, 9.17) is 0 Å². The van der Waals surface area contributed by atoms with Crippen LogP contribution in [-0.4, -0.2) is 57.3 Å². The monoisotopic (exact) mass is 1150 g/mol. The van der Waals surface area contributed by atoms with Gasteiger partial charge in [-0.05, 0) is 89.9 Å². The van der Waals surface area contributed by atoms with Gasteiger partial charge in [0.05, 0.1) is 18.8 Å². The van der Waals surface area contributed by atoms with Crippen molar-refractivity contribution in [2.45, 2.75) is 423 Å². The molecule has 484 valence electrons. The highest BCUT2D eigenvalue weighted by Crippen LogP contribution is 2.19. The first-order chi connectivity index (χ1) is 40.5. The fourth-order valence-electron chi connectivity index (χ4n) is 11.7. The van der Waals surface area contributed by atoms with Crippen molar-refractivity contribution >= 4 is 5.91 Å². The van der Waals surface area contributed by atoms with Crippen molar-refractivity contribution in [1.82, 2.24) is 5.32 Å². The molecular weight excluding hydrogens is 1010 g/mol. The summed E-state index contributed by atoms with van der Waals surface area (Å²) in [6.07, 6.45) is 92.6. The molecule has 0 aromatic carbocycles. The highest BCUT2D eigenvalue weighted by molar-refractivity contribution is 5.80. The van der Waals surface area contributed by atoms with Gasteiger partial charge >= 0.3 is 0 Å². The second kappa shape index (κ2) is 70.0. The maximum Gasteiger partial charge on any atom is 0.249 e. The molecule has 4 unspecified atom stereocenters. The van der Waals surface area contributed by atoms with Crippen LogP contribution in [0.3, 0.4) is 0 Å². The maximum atomic E-state index is 12.7. The summed E-state index contributed by atoms with van der Waals surface area (Å²) in [6, 6.07) is -1.01. The van der Waals surface area contributed by atoms with E-state index < -0.39 is 36.9 Å². The number of nitrogens with one attached hydrogen (secondary N) is 1. The zero-order valence-corrected chi connectivity index (χ0v) is 55.3. The number of carbonyl (C=O) groups is 1. The fraction of sp³-hybridized carbons (Fsp3) is 0.882. The van der Waals surface area contributed by atoms with Gasteiger partial charge in [0.15, 0.2) is 0 Å². The molecular formula is C76H145NO5. The number of unbranched alkanes of at least 4 members (excludes halogenated alkanes) is 52. The van der Waals surface area contributed by atoms with Crippen molar-refractivity contribution in [2.24, 2.45) is 0 Å². The molecule has 82 heavy (non-hydrogen) atoms. The van der Waals surface area contributed by atoms with Gasteiger partial charge in [-0.15, -0.1) is 0 Å². The Morgan fingerprint density at radius 2 is 0.512 bits per heavy atom. The van der Waals surface area contributed by atoms with Gasteiger partial charge in [-0.25, -0.2) is 0 Å². The Kier molecular flexibility index (Phi) is 68.6. The summed E-state index contributed by atoms with van der Waals surface area (Å²) < 4.78 is 0. The minimum Gasteiger partial charge on any atom is -0.394 e. The molecule has 0 saturated carbocycles. The topological polar surface area (TPSA) is 110 Å². The third-order valence-electron chi connectivity index (χ3n) is 17.5. The van der Waals surface area contributed by atoms with Crippen LogP contribution in [0.25, 0.3) is 0 Å². The molecule has 0 spiro atoms. The van der Waals surface area contributed by atoms with Crippen molar-refractivity contribution in [2.75, 3.05) is 6.61 Å². The molecule has 6 nitrogen and oxygen atoms in total. The third-order valence-corrected chi connectivity index (χ3v) is 17.5. The lowest BCUT2D eigenvalue weighted by atomic mass is 10.00. The maximum absolute atomic E-state index is 12.7. The number of aliphatic hydroxyl groups is 4. The van der Waals surface area contributed by atoms with Gasteiger partial charge in [0.25, 0.3) is 0 Å². The van der Waals surface area contributed by atoms with Crippen LogP contribution in [0.4, 0.5) is 0 Å². The summed E-state index contributed by atoms with van der Waals surface area (Å²) in [6.45, 7) is 4.09. The van der Waals surface area contributed by atoms with E-state index in [2.05, 4.69) is 67.8 Å². The lowest BCUT2D eigenvalue weighted by Crippen LogP contribution is -2.53. The van der Waals surface area contributed by atoms with Gasteiger partial charge in [-0.3, -0.25) is 4.79 Å². The second-order valence-corrected chi connectivity index (χ2v) is 25.6. The number of amides is 1. The smallest absolute Gasteiger partial charge is 0.249 e. The van der Waals surface area contributed by atoms with Crippen molar-refractivity contribution in [3.63, 3.8) is 0 Å². The van der Waals surface area contributed by atoms with Gasteiger partial charge < -0.3 is 25.7 Å². The highest BCUT2D eigenvalue weighted by atomic mass is 16.3. The molecule has 0 rings (SSSR count). The molecule has 0 fully saturated rings. The predicted octanol–water partition coefficient (Wildman–Crippen LogP) is 23.2. The molecule has 0 saturated heterocycles. The Bertz CT molecular complexity index is 1340. The summed E-state index contributed by atoms with van der Waals surface area (Å²) in [7, 11) is 0. The summed E-state index contributed by atoms with van der Waals surface area (Å²) in [5, 5.41) is 44.2. The number of hydrogen-bond acceptors (Lipinski definition) is 5. The van der Waals surface area contributed by atoms with E-state index in [0.717, 1.165) is 51.4 Å². The summed E-state index contributed by atoms with van der Waals surface area (Å²) in [4.78, 5) is 12.7. The molecule has 0 aliphatic carbocycles. The SMILES string of the molecule is CCCCCCCCCCCCCCCC/C=C\CCCCCCCCCCCCCCCCCCC(O)C(=O)NC(CO)C(O)C(O)CCC/C=C/CC/C=C/CC/C=C/CCCCCCCCCCCCCCCCCCCCC. The van der Waals surface area contributed by atoms with Crippen LogP contribution in [-0.2, 0) is 4.79 Å². The predicted molar refractivity (Wildman–Crippen MR) is 362 cm³/mol. The van der Waals surface area contributed by atoms with E-state index in [0.29, 0.717) is 19.3 Å². The molecule has 0 heterocycles. The van der Waals surface area contributed by atoms with Crippen LogP contribution in [0.2, 0.25) is 0 Å². The lowest BCUT2D eigenvalue weighted by molar-refractivity contribution is -0.132. The summed E-state index contributed by atoms with van der Waals surface area (Å²) >= 11 is 0. The van der Waals surface area contributed by atoms with Crippen LogP contribution in [0.1, 0.15) is 399 Å². The molecule has 1 amide bonds. The van der Waals surface area contributed by atoms with Gasteiger partial charge in [-0.1, -0.05) is 358 Å². The van der Waals surface area contributed by atoms with E-state index in [1.165, 1.54) is 315 Å². The minimum absolute atomic E-state index is 0.360. The lowest BCUT2D eigenvalue weighted by Gasteiger charge is -2.27. The molecule has 5 N–H and O–H groups in total. The average Bonchev–Trinajstić information content (AvgIpc) is 3.48. The van der Waals surface area contributed by atoms with Crippen molar-refractivity contribution in [3.05, 3.63) is 48.6 Å². The highest BCUT2D eigenvalue weighted by Gasteiger charge is 2.28. The van der Waals surface area contributed by atoms with E-state index in [-0.39, 0.29) is 0 Å². The standard InChI is InChI=1S/C76H145NO5/c1-3-5-7-9-11-13-15-17-19-21-23-25-27-29-31-33-35-37-38-40-42-44-46-48-50-52-54-56-58-60-62-64-66-68-70-74(80)76(82)77-72(71-78)75(81)73(79)69-67-65-63-61-59-57-55-53-51-49-47-45-43-41-39-36-34-32-30-28-26-24-22-20-18-16-14-12-10-8-6-4-2/h33,35,45,47,53,55,61,63,72-75,78-81H,3-32,34,36-44,46,48-52,54,56-60,62,64-71H2,1-2H3,(H,77,82)/b35-33-,47-45+,55-53+,63-61+. The van der Waals surface area contributed by atoms with Crippen molar-refractivity contribution < 1.29 is 25.2 Å². The number of carbonyl (C=O) groups excluding carboxylic acids is 1. The molecule has 6 heteroatoms. The van der Waals surface area contributed by atoms with Crippen molar-refractivity contribution in [3.8, 4) is 0 Å². The Hall–Kier alpha value is -1.73. The van der Waals surface area contributed by atoms with Gasteiger partial charge in [0.1, 0.15) is 12.2 Å². The average molecular weight is 1150 g/mol. The molecule has 0 aromatic rings. The molecule has 0 aliphatic heterocycles.